The second-order valence-corrected chi connectivity index (χ2v) is 7.92. The molecule has 1 saturated heterocycles. The fraction of sp³-hybridized carbons (Fsp3) is 0.526. The van der Waals surface area contributed by atoms with Crippen LogP contribution in [-0.4, -0.2) is 48.7 Å². The van der Waals surface area contributed by atoms with Crippen molar-refractivity contribution in [3.63, 3.8) is 0 Å². The molecule has 0 radical (unpaired) electrons. The van der Waals surface area contributed by atoms with Gasteiger partial charge in [0, 0.05) is 6.42 Å². The first-order valence-electron chi connectivity index (χ1n) is 9.14. The van der Waals surface area contributed by atoms with E-state index in [-0.39, 0.29) is 12.0 Å². The number of hydrogen-bond acceptors (Lipinski definition) is 6. The summed E-state index contributed by atoms with van der Waals surface area (Å²) in [6.45, 7) is 8.06. The fourth-order valence-corrected chi connectivity index (χ4v) is 2.98. The van der Waals surface area contributed by atoms with Crippen LogP contribution in [0.2, 0.25) is 0 Å². The Bertz CT molecular complexity index is 794. The molecule has 2 aliphatic heterocycles. The molecule has 2 heterocycles. The Kier molecular flexibility index (Phi) is 5.44. The summed E-state index contributed by atoms with van der Waals surface area (Å²) in [6.07, 6.45) is -0.231. The minimum Gasteiger partial charge on any atom is -0.486 e. The Hall–Kier alpha value is -2.10. The van der Waals surface area contributed by atoms with Crippen LogP contribution in [0.4, 0.5) is 4.39 Å². The highest BCUT2D eigenvalue weighted by atomic mass is 19.1. The van der Waals surface area contributed by atoms with Crippen LogP contribution in [0.15, 0.2) is 23.9 Å². The minimum atomic E-state index is -1.28. The second kappa shape index (κ2) is 7.38. The van der Waals surface area contributed by atoms with Crippen LogP contribution in [0.25, 0.3) is 5.57 Å². The first kappa shape index (κ1) is 20.6. The lowest BCUT2D eigenvalue weighted by Crippen LogP contribution is -2.41. The Labute approximate surface area is 163 Å². The normalized spacial score (nSPS) is 21.9. The van der Waals surface area contributed by atoms with Crippen LogP contribution in [0.5, 0.6) is 11.5 Å². The molecule has 152 valence electrons. The minimum absolute atomic E-state index is 0.102. The predicted molar refractivity (Wildman–Crippen MR) is 102 cm³/mol. The van der Waals surface area contributed by atoms with Crippen molar-refractivity contribution < 1.29 is 33.1 Å². The molecule has 3 N–H and O–H groups in total. The van der Waals surface area contributed by atoms with Crippen molar-refractivity contribution in [3.8, 4) is 11.5 Å². The predicted octanol–water partition coefficient (Wildman–Crippen LogP) is 2.57. The third-order valence-electron chi connectivity index (χ3n) is 5.38. The van der Waals surface area contributed by atoms with Gasteiger partial charge in [-0.05, 0) is 51.0 Å². The average molecular weight is 393 g/mol. The first-order chi connectivity index (χ1) is 13.0. The van der Waals surface area contributed by atoms with E-state index >= 15 is 4.39 Å². The average Bonchev–Trinajstić information content (AvgIpc) is 2.86. The lowest BCUT2D eigenvalue weighted by molar-refractivity contribution is -0.138. The molecule has 3 rings (SSSR count). The number of carbonyl (C=O) groups is 1. The number of ether oxygens (including phenoxy) is 2. The van der Waals surface area contributed by atoms with Gasteiger partial charge in [0.25, 0.3) is 0 Å². The molecule has 1 aromatic rings. The Morgan fingerprint density at radius 2 is 1.75 bits per heavy atom. The lowest BCUT2D eigenvalue weighted by Gasteiger charge is -2.32. The van der Waals surface area contributed by atoms with Gasteiger partial charge in [0.15, 0.2) is 11.5 Å². The maximum atomic E-state index is 15.5. The van der Waals surface area contributed by atoms with Crippen LogP contribution >= 0.6 is 0 Å². The molecule has 0 aromatic heterocycles. The summed E-state index contributed by atoms with van der Waals surface area (Å²) in [4.78, 5) is 11.3. The van der Waals surface area contributed by atoms with E-state index in [1.165, 1.54) is 0 Å². The zero-order valence-corrected chi connectivity index (χ0v) is 16.5. The molecule has 1 atom stereocenters. The molecule has 0 spiro atoms. The first-order valence-corrected chi connectivity index (χ1v) is 9.14. The Morgan fingerprint density at radius 3 is 2.32 bits per heavy atom. The molecule has 2 aliphatic rings. The highest BCUT2D eigenvalue weighted by Crippen LogP contribution is 2.42. The van der Waals surface area contributed by atoms with Gasteiger partial charge in [-0.15, -0.1) is 0 Å². The standard InChI is InChI=1S/C19H25BFNO6/c1-18(2)19(3,4)28-20(27-18)16(21)12(10-13(22)17(23)24)11-5-6-14-15(9-11)26-8-7-25-14/h5-6,9,13H,7-8,10,22H2,1-4H3,(H,23,24). The van der Waals surface area contributed by atoms with Crippen LogP contribution < -0.4 is 15.2 Å². The van der Waals surface area contributed by atoms with Gasteiger partial charge in [-0.1, -0.05) is 6.07 Å². The summed E-state index contributed by atoms with van der Waals surface area (Å²) in [5.41, 5.74) is 4.07. The van der Waals surface area contributed by atoms with Crippen molar-refractivity contribution in [2.24, 2.45) is 5.73 Å². The summed E-state index contributed by atoms with van der Waals surface area (Å²) in [6, 6.07) is 3.63. The monoisotopic (exact) mass is 393 g/mol. The quantitative estimate of drug-likeness (QED) is 0.742. The van der Waals surface area contributed by atoms with Gasteiger partial charge in [-0.25, -0.2) is 4.39 Å². The van der Waals surface area contributed by atoms with Crippen molar-refractivity contribution in [3.05, 3.63) is 29.5 Å². The van der Waals surface area contributed by atoms with Crippen LogP contribution in [0, 0.1) is 0 Å². The SMILES string of the molecule is CC1(C)OB(C(F)=C(CC(N)C(=O)O)c2ccc3c(c2)OCCO3)OC1(C)C. The maximum absolute atomic E-state index is 15.5. The van der Waals surface area contributed by atoms with Crippen LogP contribution in [-0.2, 0) is 14.1 Å². The number of aliphatic carboxylic acids is 1. The molecule has 7 nitrogen and oxygen atoms in total. The fourth-order valence-electron chi connectivity index (χ4n) is 2.98. The summed E-state index contributed by atoms with van der Waals surface area (Å²) < 4.78 is 38.1. The number of carboxylic acids is 1. The Morgan fingerprint density at radius 1 is 1.18 bits per heavy atom. The molecule has 1 aromatic carbocycles. The van der Waals surface area contributed by atoms with Gasteiger partial charge in [0.2, 0.25) is 0 Å². The van der Waals surface area contributed by atoms with Crippen molar-refractivity contribution in [1.29, 1.82) is 0 Å². The second-order valence-electron chi connectivity index (χ2n) is 7.92. The van der Waals surface area contributed by atoms with E-state index in [0.29, 0.717) is 30.3 Å². The number of carboxylic acid groups (broad SMARTS) is 1. The number of halogens is 1. The molecular formula is C19H25BFNO6. The molecule has 0 bridgehead atoms. The number of benzene rings is 1. The molecule has 0 aliphatic carbocycles. The molecule has 9 heteroatoms. The molecule has 28 heavy (non-hydrogen) atoms. The lowest BCUT2D eigenvalue weighted by atomic mass is 9.81. The summed E-state index contributed by atoms with van der Waals surface area (Å²) in [7, 11) is -1.26. The van der Waals surface area contributed by atoms with E-state index in [9.17, 15) is 9.90 Å². The van der Waals surface area contributed by atoms with Gasteiger partial charge >= 0.3 is 13.1 Å². The van der Waals surface area contributed by atoms with Gasteiger partial charge in [0.1, 0.15) is 25.0 Å². The molecule has 0 saturated carbocycles. The zero-order valence-electron chi connectivity index (χ0n) is 16.5. The number of nitrogens with two attached hydrogens (primary N) is 1. The summed E-state index contributed by atoms with van der Waals surface area (Å²) in [5.74, 6) is -0.212. The Balaban J connectivity index is 2.02. The highest BCUT2D eigenvalue weighted by Gasteiger charge is 2.53. The van der Waals surface area contributed by atoms with Gasteiger partial charge in [-0.2, -0.15) is 0 Å². The topological polar surface area (TPSA) is 100 Å². The largest absolute Gasteiger partial charge is 0.525 e. The van der Waals surface area contributed by atoms with E-state index in [2.05, 4.69) is 0 Å². The van der Waals surface area contributed by atoms with Crippen molar-refractivity contribution >= 4 is 18.7 Å². The third-order valence-corrected chi connectivity index (χ3v) is 5.38. The maximum Gasteiger partial charge on any atom is 0.525 e. The zero-order chi connectivity index (χ0) is 20.7. The molecular weight excluding hydrogens is 368 g/mol. The van der Waals surface area contributed by atoms with Gasteiger partial charge in [0.05, 0.1) is 11.2 Å². The molecule has 1 fully saturated rings. The third kappa shape index (κ3) is 3.87. The van der Waals surface area contributed by atoms with Crippen molar-refractivity contribution in [1.82, 2.24) is 0 Å². The van der Waals surface area contributed by atoms with Crippen LogP contribution in [0.1, 0.15) is 39.7 Å². The van der Waals surface area contributed by atoms with Crippen molar-refractivity contribution in [2.45, 2.75) is 51.4 Å². The number of hydrogen-bond donors (Lipinski definition) is 2. The molecule has 1 unspecified atom stereocenters. The summed E-state index contributed by atoms with van der Waals surface area (Å²) in [5, 5.41) is 9.21. The number of rotatable bonds is 5. The number of fused-ring (bicyclic) bond motifs is 1. The smallest absolute Gasteiger partial charge is 0.486 e. The summed E-state index contributed by atoms with van der Waals surface area (Å²) >= 11 is 0. The van der Waals surface area contributed by atoms with E-state index in [0.717, 1.165) is 0 Å². The highest BCUT2D eigenvalue weighted by molar-refractivity contribution is 6.55. The van der Waals surface area contributed by atoms with Gasteiger partial charge in [-0.3, -0.25) is 4.79 Å². The van der Waals surface area contributed by atoms with Crippen molar-refractivity contribution in [2.75, 3.05) is 13.2 Å². The van der Waals surface area contributed by atoms with E-state index < -0.39 is 36.1 Å². The van der Waals surface area contributed by atoms with Gasteiger partial charge < -0.3 is 29.6 Å². The van der Waals surface area contributed by atoms with Crippen LogP contribution in [0.3, 0.4) is 0 Å². The van der Waals surface area contributed by atoms with E-state index in [1.54, 1.807) is 18.2 Å². The van der Waals surface area contributed by atoms with E-state index in [4.69, 9.17) is 24.5 Å². The van der Waals surface area contributed by atoms with E-state index in [1.807, 2.05) is 27.7 Å². The molecule has 0 amide bonds.